The van der Waals surface area contributed by atoms with Crippen LogP contribution in [-0.4, -0.2) is 6.36 Å². The maximum absolute atomic E-state index is 15.0. The summed E-state index contributed by atoms with van der Waals surface area (Å²) in [7, 11) is 0. The molecule has 0 heterocycles. The van der Waals surface area contributed by atoms with Gasteiger partial charge in [-0.05, 0) is 104 Å². The highest BCUT2D eigenvalue weighted by molar-refractivity contribution is 5.66. The Kier molecular flexibility index (Phi) is 6.92. The molecule has 2 aromatic rings. The van der Waals surface area contributed by atoms with Gasteiger partial charge in [0.2, 0.25) is 0 Å². The van der Waals surface area contributed by atoms with Crippen LogP contribution in [0.25, 0.3) is 11.1 Å². The first-order valence-corrected chi connectivity index (χ1v) is 11.6. The van der Waals surface area contributed by atoms with Gasteiger partial charge in [-0.1, -0.05) is 31.1 Å². The van der Waals surface area contributed by atoms with Crippen molar-refractivity contribution < 1.29 is 22.3 Å². The number of hydrogen-bond acceptors (Lipinski definition) is 1. The van der Waals surface area contributed by atoms with E-state index in [2.05, 4.69) is 11.3 Å². The van der Waals surface area contributed by atoms with Crippen molar-refractivity contribution in [3.8, 4) is 16.9 Å². The van der Waals surface area contributed by atoms with E-state index < -0.39 is 6.36 Å². The normalized spacial score (nSPS) is 23.4. The Morgan fingerprint density at radius 3 is 2.31 bits per heavy atom. The standard InChI is InChI=1S/C27H30F4O/c1-2-3-4-18-5-7-19(8-6-18)21-9-10-22-16-25(26(28)17-23(22)15-21)20-11-13-24(14-12-20)32-27(29,30)31/h2,11-14,16-19,21H,1,3-10,15H2. The Morgan fingerprint density at radius 2 is 1.66 bits per heavy atom. The number of aryl methyl sites for hydroxylation is 1. The Balaban J connectivity index is 1.42. The largest absolute Gasteiger partial charge is 0.573 e. The van der Waals surface area contributed by atoms with Gasteiger partial charge in [0.15, 0.2) is 0 Å². The molecule has 0 bridgehead atoms. The first-order valence-electron chi connectivity index (χ1n) is 11.6. The fourth-order valence-corrected chi connectivity index (χ4v) is 5.57. The minimum Gasteiger partial charge on any atom is -0.406 e. The molecule has 0 spiro atoms. The van der Waals surface area contributed by atoms with Crippen molar-refractivity contribution >= 4 is 0 Å². The zero-order chi connectivity index (χ0) is 22.7. The number of hydrogen-bond donors (Lipinski definition) is 0. The van der Waals surface area contributed by atoms with Crippen molar-refractivity contribution in [1.29, 1.82) is 0 Å². The van der Waals surface area contributed by atoms with E-state index in [0.29, 0.717) is 17.0 Å². The lowest BCUT2D eigenvalue weighted by molar-refractivity contribution is -0.274. The molecule has 1 nitrogen and oxygen atoms in total. The molecule has 2 aliphatic rings. The Morgan fingerprint density at radius 1 is 0.938 bits per heavy atom. The molecule has 1 atom stereocenters. The van der Waals surface area contributed by atoms with Gasteiger partial charge in [0.05, 0.1) is 0 Å². The second-order valence-corrected chi connectivity index (χ2v) is 9.32. The van der Waals surface area contributed by atoms with Crippen LogP contribution in [0.15, 0.2) is 49.1 Å². The van der Waals surface area contributed by atoms with E-state index in [0.717, 1.165) is 48.6 Å². The molecule has 2 aromatic carbocycles. The molecule has 172 valence electrons. The van der Waals surface area contributed by atoms with Crippen molar-refractivity contribution in [2.45, 2.75) is 64.1 Å². The first-order chi connectivity index (χ1) is 15.3. The summed E-state index contributed by atoms with van der Waals surface area (Å²) in [5.41, 5.74) is 3.24. The number of benzene rings is 2. The molecule has 0 aliphatic heterocycles. The smallest absolute Gasteiger partial charge is 0.406 e. The zero-order valence-electron chi connectivity index (χ0n) is 18.3. The van der Waals surface area contributed by atoms with Crippen LogP contribution in [0, 0.1) is 23.6 Å². The predicted octanol–water partition coefficient (Wildman–Crippen LogP) is 8.27. The van der Waals surface area contributed by atoms with Crippen LogP contribution in [0.5, 0.6) is 5.75 Å². The third-order valence-electron chi connectivity index (χ3n) is 7.29. The van der Waals surface area contributed by atoms with Crippen LogP contribution in [0.3, 0.4) is 0 Å². The lowest BCUT2D eigenvalue weighted by Crippen LogP contribution is -2.26. The van der Waals surface area contributed by atoms with E-state index in [1.807, 2.05) is 12.1 Å². The van der Waals surface area contributed by atoms with Gasteiger partial charge in [-0.15, -0.1) is 19.8 Å². The van der Waals surface area contributed by atoms with Gasteiger partial charge in [0, 0.05) is 5.56 Å². The van der Waals surface area contributed by atoms with Crippen molar-refractivity contribution in [3.63, 3.8) is 0 Å². The van der Waals surface area contributed by atoms with E-state index in [1.54, 1.807) is 6.07 Å². The van der Waals surface area contributed by atoms with Gasteiger partial charge in [0.1, 0.15) is 11.6 Å². The van der Waals surface area contributed by atoms with Crippen molar-refractivity contribution in [2.24, 2.45) is 17.8 Å². The predicted molar refractivity (Wildman–Crippen MR) is 119 cm³/mol. The molecule has 5 heteroatoms. The van der Waals surface area contributed by atoms with Crippen LogP contribution in [0.1, 0.15) is 56.1 Å². The van der Waals surface area contributed by atoms with Gasteiger partial charge in [-0.3, -0.25) is 0 Å². The number of alkyl halides is 3. The second-order valence-electron chi connectivity index (χ2n) is 9.32. The molecule has 2 aliphatic carbocycles. The summed E-state index contributed by atoms with van der Waals surface area (Å²) in [6.45, 7) is 3.83. The fourth-order valence-electron chi connectivity index (χ4n) is 5.57. The summed E-state index contributed by atoms with van der Waals surface area (Å²) in [6, 6.07) is 8.93. The highest BCUT2D eigenvalue weighted by atomic mass is 19.4. The Hall–Kier alpha value is -2.30. The van der Waals surface area contributed by atoms with Gasteiger partial charge in [-0.25, -0.2) is 4.39 Å². The monoisotopic (exact) mass is 446 g/mol. The molecule has 32 heavy (non-hydrogen) atoms. The maximum atomic E-state index is 15.0. The first kappa shape index (κ1) is 22.9. The van der Waals surface area contributed by atoms with E-state index in [1.165, 1.54) is 56.4 Å². The van der Waals surface area contributed by atoms with Crippen LogP contribution in [0.4, 0.5) is 17.6 Å². The molecular weight excluding hydrogens is 416 g/mol. The SMILES string of the molecule is C=CCCC1CCC(C2CCc3cc(-c4ccc(OC(F)(F)F)cc4)c(F)cc3C2)CC1. The summed E-state index contributed by atoms with van der Waals surface area (Å²) < 4.78 is 56.0. The number of allylic oxidation sites excluding steroid dienone is 1. The van der Waals surface area contributed by atoms with Gasteiger partial charge < -0.3 is 4.74 Å². The summed E-state index contributed by atoms with van der Waals surface area (Å²) in [6.07, 6.45) is 7.74. The molecule has 1 unspecified atom stereocenters. The zero-order valence-corrected chi connectivity index (χ0v) is 18.3. The lowest BCUT2D eigenvalue weighted by Gasteiger charge is -2.36. The minimum absolute atomic E-state index is 0.304. The molecule has 0 N–H and O–H groups in total. The highest BCUT2D eigenvalue weighted by Gasteiger charge is 2.32. The third-order valence-corrected chi connectivity index (χ3v) is 7.29. The average Bonchev–Trinajstić information content (AvgIpc) is 2.77. The summed E-state index contributed by atoms with van der Waals surface area (Å²) in [4.78, 5) is 0. The minimum atomic E-state index is -4.74. The Bertz CT molecular complexity index is 924. The molecule has 1 fully saturated rings. The quantitative estimate of drug-likeness (QED) is 0.320. The fraction of sp³-hybridized carbons (Fsp3) is 0.481. The van der Waals surface area contributed by atoms with E-state index in [9.17, 15) is 17.6 Å². The van der Waals surface area contributed by atoms with Gasteiger partial charge in [-0.2, -0.15) is 0 Å². The summed E-state index contributed by atoms with van der Waals surface area (Å²) in [5, 5.41) is 0. The van der Waals surface area contributed by atoms with Crippen LogP contribution in [0.2, 0.25) is 0 Å². The number of rotatable bonds is 6. The lowest BCUT2D eigenvalue weighted by atomic mass is 9.69. The molecule has 0 radical (unpaired) electrons. The van der Waals surface area contributed by atoms with E-state index in [4.69, 9.17) is 0 Å². The van der Waals surface area contributed by atoms with Gasteiger partial charge in [0.25, 0.3) is 0 Å². The molecule has 0 amide bonds. The van der Waals surface area contributed by atoms with Crippen molar-refractivity contribution in [3.05, 3.63) is 66.0 Å². The van der Waals surface area contributed by atoms with Crippen LogP contribution < -0.4 is 4.74 Å². The summed E-state index contributed by atoms with van der Waals surface area (Å²) >= 11 is 0. The summed E-state index contributed by atoms with van der Waals surface area (Å²) in [5.74, 6) is 1.55. The van der Waals surface area contributed by atoms with Crippen LogP contribution >= 0.6 is 0 Å². The molecule has 4 rings (SSSR count). The van der Waals surface area contributed by atoms with Crippen molar-refractivity contribution in [2.75, 3.05) is 0 Å². The number of ether oxygens (including phenoxy) is 1. The molecular formula is C27H30F4O. The third kappa shape index (κ3) is 5.54. The molecule has 0 saturated heterocycles. The highest BCUT2D eigenvalue weighted by Crippen LogP contribution is 2.41. The van der Waals surface area contributed by atoms with E-state index in [-0.39, 0.29) is 11.6 Å². The topological polar surface area (TPSA) is 9.23 Å². The molecule has 1 saturated carbocycles. The number of halogens is 4. The Labute approximate surface area is 187 Å². The molecule has 0 aromatic heterocycles. The van der Waals surface area contributed by atoms with E-state index >= 15 is 0 Å². The van der Waals surface area contributed by atoms with Crippen LogP contribution in [-0.2, 0) is 12.8 Å². The second kappa shape index (κ2) is 9.68. The maximum Gasteiger partial charge on any atom is 0.573 e. The van der Waals surface area contributed by atoms with Crippen molar-refractivity contribution in [1.82, 2.24) is 0 Å². The van der Waals surface area contributed by atoms with Gasteiger partial charge >= 0.3 is 6.36 Å². The average molecular weight is 447 g/mol. The number of fused-ring (bicyclic) bond motifs is 1.